The van der Waals surface area contributed by atoms with E-state index in [9.17, 15) is 53.9 Å². The molecule has 1 fully saturated rings. The van der Waals surface area contributed by atoms with E-state index in [4.69, 9.17) is 34.8 Å². The van der Waals surface area contributed by atoms with Gasteiger partial charge in [-0.1, -0.05) is 17.7 Å². The van der Waals surface area contributed by atoms with Gasteiger partial charge in [0.05, 0.1) is 27.8 Å². The lowest BCUT2D eigenvalue weighted by molar-refractivity contribution is -0.167. The SMILES string of the molecule is O=C(Nc1c(F)ccc(NC(=O)C(F)(F)F)c1F)c1cc(NC(=O)[C@H]2[C@H](c3ccc(F)c(C(F)(F)F)c3)C2(Cl)Cl)ccc1Cl. The highest BCUT2D eigenvalue weighted by atomic mass is 35.5. The highest BCUT2D eigenvalue weighted by Crippen LogP contribution is 2.65. The highest BCUT2D eigenvalue weighted by molar-refractivity contribution is 6.53. The summed E-state index contributed by atoms with van der Waals surface area (Å²) in [6, 6.07) is 6.14. The predicted octanol–water partition coefficient (Wildman–Crippen LogP) is 8.06. The van der Waals surface area contributed by atoms with Crippen molar-refractivity contribution in [3.63, 3.8) is 0 Å². The summed E-state index contributed by atoms with van der Waals surface area (Å²) in [7, 11) is 0. The molecule has 0 unspecified atom stereocenters. The first kappa shape index (κ1) is 33.2. The van der Waals surface area contributed by atoms with E-state index in [-0.39, 0.29) is 16.3 Å². The average molecular weight is 693 g/mol. The molecule has 0 heterocycles. The summed E-state index contributed by atoms with van der Waals surface area (Å²) in [5.41, 5.74) is -4.80. The van der Waals surface area contributed by atoms with Gasteiger partial charge in [-0.2, -0.15) is 26.3 Å². The molecule has 1 aliphatic carbocycles. The van der Waals surface area contributed by atoms with E-state index in [1.807, 2.05) is 0 Å². The van der Waals surface area contributed by atoms with Crippen molar-refractivity contribution in [3.05, 3.63) is 87.7 Å². The number of alkyl halides is 8. The van der Waals surface area contributed by atoms with Crippen molar-refractivity contribution in [2.75, 3.05) is 16.0 Å². The molecule has 0 aliphatic heterocycles. The zero-order chi connectivity index (χ0) is 32.9. The zero-order valence-electron chi connectivity index (χ0n) is 21.0. The summed E-state index contributed by atoms with van der Waals surface area (Å²) >= 11 is 18.3. The molecule has 4 rings (SSSR count). The Hall–Kier alpha value is -3.69. The minimum atomic E-state index is -5.40. The molecular formula is C26H13Cl3F9N3O3. The Morgan fingerprint density at radius 3 is 2.05 bits per heavy atom. The molecule has 0 aromatic heterocycles. The first-order valence-corrected chi connectivity index (χ1v) is 12.9. The molecule has 0 saturated heterocycles. The Morgan fingerprint density at radius 1 is 0.795 bits per heavy atom. The van der Waals surface area contributed by atoms with Gasteiger partial charge in [-0.15, -0.1) is 23.2 Å². The molecule has 18 heteroatoms. The molecule has 234 valence electrons. The third-order valence-corrected chi connectivity index (χ3v) is 7.57. The van der Waals surface area contributed by atoms with E-state index in [0.29, 0.717) is 24.3 Å². The van der Waals surface area contributed by atoms with Crippen LogP contribution in [0.25, 0.3) is 0 Å². The van der Waals surface area contributed by atoms with Crippen molar-refractivity contribution in [2.45, 2.75) is 22.6 Å². The largest absolute Gasteiger partial charge is 0.471 e. The standard InChI is InChI=1S/C26H13Cl3F9N3O3/c27-13-3-2-10(39-22(43)18-17(24(18,28)29)9-1-4-14(30)12(7-9)25(33,34)35)8-11(13)21(42)41-20-15(31)5-6-16(19(20)32)40-23(44)26(36,37)38/h1-8,17-18H,(H,39,43)(H,40,44)(H,41,42)/t17-,18+/m0/s1. The van der Waals surface area contributed by atoms with Crippen LogP contribution in [0.1, 0.15) is 27.4 Å². The molecule has 3 N–H and O–H groups in total. The Kier molecular flexibility index (Phi) is 8.81. The molecule has 6 nitrogen and oxygen atoms in total. The molecular weight excluding hydrogens is 680 g/mol. The molecule has 1 saturated carbocycles. The number of halogens is 12. The Balaban J connectivity index is 1.54. The molecule has 1 aliphatic rings. The summed E-state index contributed by atoms with van der Waals surface area (Å²) in [6.45, 7) is 0. The topological polar surface area (TPSA) is 87.3 Å². The van der Waals surface area contributed by atoms with Crippen LogP contribution in [0.3, 0.4) is 0 Å². The number of nitrogens with one attached hydrogen (secondary N) is 3. The number of carbonyl (C=O) groups excluding carboxylic acids is 3. The second-order valence-corrected chi connectivity index (χ2v) is 11.1. The smallest absolute Gasteiger partial charge is 0.326 e. The van der Waals surface area contributed by atoms with Gasteiger partial charge in [0.1, 0.15) is 21.7 Å². The van der Waals surface area contributed by atoms with Gasteiger partial charge in [-0.05, 0) is 48.0 Å². The number of benzene rings is 3. The lowest BCUT2D eigenvalue weighted by atomic mass is 10.0. The maximum Gasteiger partial charge on any atom is 0.471 e. The molecule has 3 aromatic rings. The summed E-state index contributed by atoms with van der Waals surface area (Å²) in [5.74, 6) is -12.1. The van der Waals surface area contributed by atoms with Gasteiger partial charge in [-0.3, -0.25) is 14.4 Å². The van der Waals surface area contributed by atoms with Crippen molar-refractivity contribution >= 4 is 69.6 Å². The summed E-state index contributed by atoms with van der Waals surface area (Å²) in [4.78, 5) is 36.9. The van der Waals surface area contributed by atoms with E-state index in [1.54, 1.807) is 5.32 Å². The minimum absolute atomic E-state index is 0.165. The van der Waals surface area contributed by atoms with Crippen molar-refractivity contribution in [1.29, 1.82) is 0 Å². The number of hydrogen-bond acceptors (Lipinski definition) is 3. The van der Waals surface area contributed by atoms with Gasteiger partial charge in [0, 0.05) is 11.6 Å². The van der Waals surface area contributed by atoms with E-state index < -0.39 is 86.2 Å². The minimum Gasteiger partial charge on any atom is -0.326 e. The zero-order valence-corrected chi connectivity index (χ0v) is 23.3. The second kappa shape index (κ2) is 11.7. The van der Waals surface area contributed by atoms with E-state index in [2.05, 4.69) is 5.32 Å². The van der Waals surface area contributed by atoms with Gasteiger partial charge in [0.2, 0.25) is 5.91 Å². The molecule has 0 bridgehead atoms. The first-order valence-electron chi connectivity index (χ1n) is 11.8. The van der Waals surface area contributed by atoms with Gasteiger partial charge in [-0.25, -0.2) is 13.2 Å². The second-order valence-electron chi connectivity index (χ2n) is 9.24. The monoisotopic (exact) mass is 691 g/mol. The van der Waals surface area contributed by atoms with Crippen molar-refractivity contribution < 1.29 is 53.9 Å². The highest BCUT2D eigenvalue weighted by Gasteiger charge is 2.67. The maximum absolute atomic E-state index is 14.7. The van der Waals surface area contributed by atoms with E-state index in [1.165, 1.54) is 11.4 Å². The fraction of sp³-hybridized carbons (Fsp3) is 0.192. The van der Waals surface area contributed by atoms with Gasteiger partial charge >= 0.3 is 18.3 Å². The van der Waals surface area contributed by atoms with E-state index in [0.717, 1.165) is 18.2 Å². The summed E-state index contributed by atoms with van der Waals surface area (Å²) < 4.78 is 118. The summed E-state index contributed by atoms with van der Waals surface area (Å²) in [6.07, 6.45) is -10.4. The quantitative estimate of drug-likeness (QED) is 0.181. The molecule has 3 amide bonds. The molecule has 44 heavy (non-hydrogen) atoms. The Bertz CT molecular complexity index is 1680. The van der Waals surface area contributed by atoms with Gasteiger partial charge in [0.25, 0.3) is 5.91 Å². The van der Waals surface area contributed by atoms with Crippen molar-refractivity contribution in [2.24, 2.45) is 5.92 Å². The lowest BCUT2D eigenvalue weighted by Crippen LogP contribution is -2.30. The summed E-state index contributed by atoms with van der Waals surface area (Å²) in [5, 5.41) is 4.99. The van der Waals surface area contributed by atoms with Gasteiger partial charge < -0.3 is 16.0 Å². The fourth-order valence-electron chi connectivity index (χ4n) is 4.16. The third kappa shape index (κ3) is 6.69. The average Bonchev–Trinajstić information content (AvgIpc) is 3.49. The normalized spacial score (nSPS) is 17.5. The number of amides is 3. The Morgan fingerprint density at radius 2 is 1.43 bits per heavy atom. The molecule has 2 atom stereocenters. The van der Waals surface area contributed by atoms with Crippen LogP contribution in [-0.2, 0) is 15.8 Å². The van der Waals surface area contributed by atoms with Crippen LogP contribution in [0.15, 0.2) is 48.5 Å². The maximum atomic E-state index is 14.7. The van der Waals surface area contributed by atoms with Crippen LogP contribution < -0.4 is 16.0 Å². The van der Waals surface area contributed by atoms with Crippen LogP contribution in [0.5, 0.6) is 0 Å². The molecule has 0 spiro atoms. The molecule has 0 radical (unpaired) electrons. The number of rotatable bonds is 6. The Labute approximate surface area is 255 Å². The van der Waals surface area contributed by atoms with E-state index >= 15 is 0 Å². The van der Waals surface area contributed by atoms with Crippen LogP contribution in [0.4, 0.5) is 56.6 Å². The van der Waals surface area contributed by atoms with Crippen LogP contribution >= 0.6 is 34.8 Å². The number of hydrogen-bond donors (Lipinski definition) is 3. The third-order valence-electron chi connectivity index (χ3n) is 6.30. The van der Waals surface area contributed by atoms with Crippen molar-refractivity contribution in [1.82, 2.24) is 0 Å². The van der Waals surface area contributed by atoms with Gasteiger partial charge in [0.15, 0.2) is 5.82 Å². The first-order chi connectivity index (χ1) is 20.2. The number of carbonyl (C=O) groups is 3. The van der Waals surface area contributed by atoms with Crippen LogP contribution in [0.2, 0.25) is 5.02 Å². The predicted molar refractivity (Wildman–Crippen MR) is 141 cm³/mol. The lowest BCUT2D eigenvalue weighted by Gasteiger charge is -2.14. The number of anilines is 3. The van der Waals surface area contributed by atoms with Crippen LogP contribution in [0, 0.1) is 23.4 Å². The van der Waals surface area contributed by atoms with Crippen molar-refractivity contribution in [3.8, 4) is 0 Å². The van der Waals surface area contributed by atoms with Crippen LogP contribution in [-0.4, -0.2) is 28.2 Å². The molecule has 3 aromatic carbocycles. The fourth-order valence-corrected chi connectivity index (χ4v) is 5.19.